The Bertz CT molecular complexity index is 116. The van der Waals surface area contributed by atoms with Crippen molar-refractivity contribution in [3.05, 3.63) is 0 Å². The molecule has 0 saturated heterocycles. The average Bonchev–Trinajstić information content (AvgIpc) is 1.88. The average molecular weight is 146 g/mol. The lowest BCUT2D eigenvalue weighted by Crippen LogP contribution is -2.48. The molecule has 0 amide bonds. The van der Waals surface area contributed by atoms with Gasteiger partial charge >= 0.3 is 5.97 Å². The second-order valence-electron chi connectivity index (χ2n) is 2.18. The molecule has 0 radical (unpaired) electrons. The summed E-state index contributed by atoms with van der Waals surface area (Å²) in [7, 11) is 1.59. The number of hydrogen-bond donors (Lipinski definition) is 3. The molecule has 0 fully saturated rings. The minimum Gasteiger partial charge on any atom is -0.480 e. The fraction of sp³-hybridized carbons (Fsp3) is 0.833. The van der Waals surface area contributed by atoms with Gasteiger partial charge in [0.25, 0.3) is 0 Å². The van der Waals surface area contributed by atoms with E-state index in [-0.39, 0.29) is 6.04 Å². The number of carbonyl (C=O) groups is 1. The van der Waals surface area contributed by atoms with Crippen LogP contribution >= 0.6 is 0 Å². The Morgan fingerprint density at radius 3 is 2.40 bits per heavy atom. The van der Waals surface area contributed by atoms with Crippen molar-refractivity contribution in [2.24, 2.45) is 5.73 Å². The smallest absolute Gasteiger partial charge is 0.322 e. The van der Waals surface area contributed by atoms with Gasteiger partial charge in [-0.3, -0.25) is 4.79 Å². The van der Waals surface area contributed by atoms with Crippen molar-refractivity contribution in [3.8, 4) is 0 Å². The first-order valence-corrected chi connectivity index (χ1v) is 3.29. The molecule has 4 N–H and O–H groups in total. The highest BCUT2D eigenvalue weighted by molar-refractivity contribution is 5.74. The van der Waals surface area contributed by atoms with Crippen LogP contribution in [0.15, 0.2) is 0 Å². The van der Waals surface area contributed by atoms with Crippen LogP contribution in [0.4, 0.5) is 0 Å². The molecule has 2 atom stereocenters. The van der Waals surface area contributed by atoms with Crippen molar-refractivity contribution < 1.29 is 9.90 Å². The lowest BCUT2D eigenvalue weighted by Gasteiger charge is -2.16. The third-order valence-electron chi connectivity index (χ3n) is 1.48. The van der Waals surface area contributed by atoms with Gasteiger partial charge in [-0.25, -0.2) is 0 Å². The Kier molecular flexibility index (Phi) is 3.99. The summed E-state index contributed by atoms with van der Waals surface area (Å²) in [6.07, 6.45) is 0.664. The van der Waals surface area contributed by atoms with Gasteiger partial charge in [-0.15, -0.1) is 0 Å². The van der Waals surface area contributed by atoms with Crippen molar-refractivity contribution in [2.75, 3.05) is 7.05 Å². The quantitative estimate of drug-likeness (QED) is 0.495. The molecule has 4 heteroatoms. The van der Waals surface area contributed by atoms with Crippen LogP contribution < -0.4 is 11.1 Å². The zero-order valence-corrected chi connectivity index (χ0v) is 6.29. The van der Waals surface area contributed by atoms with Gasteiger partial charge in [0, 0.05) is 6.04 Å². The van der Waals surface area contributed by atoms with Gasteiger partial charge in [-0.05, 0) is 13.5 Å². The minimum absolute atomic E-state index is 0.303. The molecule has 0 aromatic carbocycles. The molecule has 0 aliphatic carbocycles. The van der Waals surface area contributed by atoms with E-state index in [9.17, 15) is 4.79 Å². The van der Waals surface area contributed by atoms with Gasteiger partial charge in [-0.2, -0.15) is 0 Å². The Labute approximate surface area is 60.4 Å². The highest BCUT2D eigenvalue weighted by Crippen LogP contribution is 1.94. The number of carboxylic acid groups (broad SMARTS) is 1. The van der Waals surface area contributed by atoms with Crippen LogP contribution in [0.3, 0.4) is 0 Å². The zero-order valence-electron chi connectivity index (χ0n) is 6.29. The van der Waals surface area contributed by atoms with Gasteiger partial charge < -0.3 is 16.2 Å². The molecule has 4 nitrogen and oxygen atoms in total. The fourth-order valence-electron chi connectivity index (χ4n) is 0.756. The maximum atomic E-state index is 10.4. The van der Waals surface area contributed by atoms with Gasteiger partial charge in [-0.1, -0.05) is 6.92 Å². The molecule has 60 valence electrons. The number of aliphatic carboxylic acids is 1. The van der Waals surface area contributed by atoms with E-state index in [1.54, 1.807) is 7.05 Å². The number of nitrogens with two attached hydrogens (primary N) is 1. The van der Waals surface area contributed by atoms with Crippen LogP contribution in [0.2, 0.25) is 0 Å². The maximum absolute atomic E-state index is 10.4. The summed E-state index contributed by atoms with van der Waals surface area (Å²) in [5.41, 5.74) is 5.49. The third-order valence-corrected chi connectivity index (χ3v) is 1.48. The standard InChI is InChI=1S/C6H14N2O2/c1-3-4(7)5(8-2)6(9)10/h4-5,8H,3,7H2,1-2H3,(H,9,10). The molecule has 10 heavy (non-hydrogen) atoms. The van der Waals surface area contributed by atoms with Crippen molar-refractivity contribution >= 4 is 5.97 Å². The summed E-state index contributed by atoms with van der Waals surface area (Å²) in [5, 5.41) is 11.2. The molecular weight excluding hydrogens is 132 g/mol. The van der Waals surface area contributed by atoms with Crippen molar-refractivity contribution in [1.29, 1.82) is 0 Å². The van der Waals surface area contributed by atoms with E-state index in [1.807, 2.05) is 6.92 Å². The predicted molar refractivity (Wildman–Crippen MR) is 38.7 cm³/mol. The first-order chi connectivity index (χ1) is 4.63. The lowest BCUT2D eigenvalue weighted by molar-refractivity contribution is -0.139. The van der Waals surface area contributed by atoms with Gasteiger partial charge in [0.15, 0.2) is 0 Å². The minimum atomic E-state index is -0.892. The van der Waals surface area contributed by atoms with Gasteiger partial charge in [0.1, 0.15) is 6.04 Å². The number of nitrogens with one attached hydrogen (secondary N) is 1. The number of rotatable bonds is 4. The maximum Gasteiger partial charge on any atom is 0.322 e. The summed E-state index contributed by atoms with van der Waals surface area (Å²) in [6, 6.07) is -0.924. The molecule has 0 aromatic rings. The first-order valence-electron chi connectivity index (χ1n) is 3.29. The third kappa shape index (κ3) is 2.33. The van der Waals surface area contributed by atoms with E-state index in [4.69, 9.17) is 10.8 Å². The van der Waals surface area contributed by atoms with E-state index in [0.29, 0.717) is 6.42 Å². The van der Waals surface area contributed by atoms with Crippen LogP contribution in [0, 0.1) is 0 Å². The molecule has 0 bridgehead atoms. The van der Waals surface area contributed by atoms with Crippen LogP contribution in [-0.4, -0.2) is 30.2 Å². The topological polar surface area (TPSA) is 75.3 Å². The van der Waals surface area contributed by atoms with Crippen LogP contribution in [0.25, 0.3) is 0 Å². The van der Waals surface area contributed by atoms with E-state index >= 15 is 0 Å². The van der Waals surface area contributed by atoms with Crippen molar-refractivity contribution in [2.45, 2.75) is 25.4 Å². The molecule has 2 unspecified atom stereocenters. The molecule has 0 spiro atoms. The van der Waals surface area contributed by atoms with Crippen LogP contribution in [0.5, 0.6) is 0 Å². The van der Waals surface area contributed by atoms with Crippen LogP contribution in [0.1, 0.15) is 13.3 Å². The van der Waals surface area contributed by atoms with Gasteiger partial charge in [0.05, 0.1) is 0 Å². The Balaban J connectivity index is 3.92. The predicted octanol–water partition coefficient (Wildman–Crippen LogP) is -0.604. The molecular formula is C6H14N2O2. The summed E-state index contributed by atoms with van der Waals surface area (Å²) in [6.45, 7) is 1.86. The van der Waals surface area contributed by atoms with Crippen molar-refractivity contribution in [3.63, 3.8) is 0 Å². The SMILES string of the molecule is CCC(N)C(NC)C(=O)O. The van der Waals surface area contributed by atoms with E-state index in [1.165, 1.54) is 0 Å². The molecule has 0 saturated carbocycles. The van der Waals surface area contributed by atoms with Crippen molar-refractivity contribution in [1.82, 2.24) is 5.32 Å². The molecule has 0 heterocycles. The first kappa shape index (κ1) is 9.39. The largest absolute Gasteiger partial charge is 0.480 e. The molecule has 0 aliphatic rings. The highest BCUT2D eigenvalue weighted by Gasteiger charge is 2.20. The number of carboxylic acids is 1. The Hall–Kier alpha value is -0.610. The lowest BCUT2D eigenvalue weighted by atomic mass is 10.1. The summed E-state index contributed by atoms with van der Waals surface area (Å²) in [5.74, 6) is -0.892. The van der Waals surface area contributed by atoms with E-state index < -0.39 is 12.0 Å². The highest BCUT2D eigenvalue weighted by atomic mass is 16.4. The molecule has 0 rings (SSSR count). The summed E-state index contributed by atoms with van der Waals surface area (Å²) >= 11 is 0. The Morgan fingerprint density at radius 2 is 2.30 bits per heavy atom. The molecule has 0 aromatic heterocycles. The second kappa shape index (κ2) is 4.24. The van der Waals surface area contributed by atoms with Gasteiger partial charge in [0.2, 0.25) is 0 Å². The van der Waals surface area contributed by atoms with E-state index in [0.717, 1.165) is 0 Å². The zero-order chi connectivity index (χ0) is 8.15. The number of hydrogen-bond acceptors (Lipinski definition) is 3. The monoisotopic (exact) mass is 146 g/mol. The Morgan fingerprint density at radius 1 is 1.80 bits per heavy atom. The molecule has 0 aliphatic heterocycles. The summed E-state index contributed by atoms with van der Waals surface area (Å²) in [4.78, 5) is 10.4. The number of likely N-dealkylation sites (N-methyl/N-ethyl adjacent to an activating group) is 1. The van der Waals surface area contributed by atoms with Crippen LogP contribution in [-0.2, 0) is 4.79 Å². The normalized spacial score (nSPS) is 16.3. The summed E-state index contributed by atoms with van der Waals surface area (Å²) < 4.78 is 0. The van der Waals surface area contributed by atoms with E-state index in [2.05, 4.69) is 5.32 Å². The fourth-order valence-corrected chi connectivity index (χ4v) is 0.756. The second-order valence-corrected chi connectivity index (χ2v) is 2.18.